The topological polar surface area (TPSA) is 38.1 Å². The zero-order valence-electron chi connectivity index (χ0n) is 18.9. The van der Waals surface area contributed by atoms with E-state index < -0.39 is 0 Å². The molecule has 0 N–H and O–H groups in total. The summed E-state index contributed by atoms with van der Waals surface area (Å²) in [5.41, 5.74) is 4.31. The lowest BCUT2D eigenvalue weighted by Gasteiger charge is -2.36. The smallest absolute Gasteiger partial charge is 0.261 e. The summed E-state index contributed by atoms with van der Waals surface area (Å²) >= 11 is 6.27. The van der Waals surface area contributed by atoms with E-state index in [4.69, 9.17) is 16.6 Å². The van der Waals surface area contributed by atoms with Crippen LogP contribution in [0.5, 0.6) is 0 Å². The Labute approximate surface area is 199 Å². The zero-order chi connectivity index (χ0) is 22.8. The quantitative estimate of drug-likeness (QED) is 0.361. The van der Waals surface area contributed by atoms with Gasteiger partial charge in [0, 0.05) is 11.6 Å². The molecule has 1 unspecified atom stereocenters. The van der Waals surface area contributed by atoms with Crippen LogP contribution in [0, 0.1) is 6.92 Å². The van der Waals surface area contributed by atoms with E-state index in [9.17, 15) is 4.79 Å². The van der Waals surface area contributed by atoms with Crippen molar-refractivity contribution in [3.63, 3.8) is 0 Å². The minimum atomic E-state index is -0.00335. The molecule has 0 aliphatic carbocycles. The number of aromatic nitrogens is 2. The molecular formula is C28H28ClN3O. The van der Waals surface area contributed by atoms with E-state index in [1.165, 1.54) is 11.1 Å². The number of hydrogen-bond donors (Lipinski definition) is 0. The van der Waals surface area contributed by atoms with Gasteiger partial charge in [0.1, 0.15) is 5.82 Å². The standard InChI is InChI=1S/C28H28ClN3O/c1-20-10-12-22(13-11-20)18-31-16-6-5-9-26(31)27-30-25-17-23(29)14-15-24(25)28(33)32(27)19-21-7-3-2-4-8-21/h2-4,7-8,10-15,17,26H,5-6,9,16,18-19H2,1H3. The van der Waals surface area contributed by atoms with Gasteiger partial charge in [-0.3, -0.25) is 14.3 Å². The molecule has 2 heterocycles. The normalized spacial score (nSPS) is 16.8. The lowest BCUT2D eigenvalue weighted by atomic mass is 9.99. The van der Waals surface area contributed by atoms with Crippen molar-refractivity contribution in [1.29, 1.82) is 0 Å². The number of piperidine rings is 1. The SMILES string of the molecule is Cc1ccc(CN2CCCCC2c2nc3cc(Cl)ccc3c(=O)n2Cc2ccccc2)cc1. The third-order valence-corrected chi connectivity index (χ3v) is 6.78. The molecule has 1 aromatic heterocycles. The fourth-order valence-electron chi connectivity index (χ4n) is 4.79. The molecule has 3 aromatic carbocycles. The Balaban J connectivity index is 1.61. The number of rotatable bonds is 5. The van der Waals surface area contributed by atoms with Crippen molar-refractivity contribution in [2.45, 2.75) is 45.3 Å². The van der Waals surface area contributed by atoms with Crippen LogP contribution >= 0.6 is 11.6 Å². The van der Waals surface area contributed by atoms with Crippen LogP contribution in [0.25, 0.3) is 10.9 Å². The van der Waals surface area contributed by atoms with E-state index >= 15 is 0 Å². The van der Waals surface area contributed by atoms with Crippen molar-refractivity contribution in [2.75, 3.05) is 6.54 Å². The van der Waals surface area contributed by atoms with Gasteiger partial charge in [-0.2, -0.15) is 0 Å². The number of hydrogen-bond acceptors (Lipinski definition) is 3. The summed E-state index contributed by atoms with van der Waals surface area (Å²) in [5, 5.41) is 1.21. The second-order valence-electron chi connectivity index (χ2n) is 8.98. The molecule has 1 aliphatic rings. The minimum absolute atomic E-state index is 0.00335. The van der Waals surface area contributed by atoms with E-state index in [0.717, 1.165) is 43.7 Å². The molecule has 1 atom stereocenters. The molecule has 1 saturated heterocycles. The largest absolute Gasteiger partial charge is 0.290 e. The molecule has 0 amide bonds. The monoisotopic (exact) mass is 457 g/mol. The summed E-state index contributed by atoms with van der Waals surface area (Å²) < 4.78 is 1.88. The first-order chi connectivity index (χ1) is 16.1. The van der Waals surface area contributed by atoms with Crippen LogP contribution < -0.4 is 5.56 Å². The summed E-state index contributed by atoms with van der Waals surface area (Å²) in [5.74, 6) is 0.838. The predicted molar refractivity (Wildman–Crippen MR) is 135 cm³/mol. The fraction of sp³-hybridized carbons (Fsp3) is 0.286. The third kappa shape index (κ3) is 4.73. The second kappa shape index (κ2) is 9.50. The third-order valence-electron chi connectivity index (χ3n) is 6.55. The highest BCUT2D eigenvalue weighted by Gasteiger charge is 2.29. The summed E-state index contributed by atoms with van der Waals surface area (Å²) in [7, 11) is 0. The molecule has 0 radical (unpaired) electrons. The maximum Gasteiger partial charge on any atom is 0.261 e. The summed E-state index contributed by atoms with van der Waals surface area (Å²) in [6, 6.07) is 24.3. The van der Waals surface area contributed by atoms with Crippen molar-refractivity contribution in [2.24, 2.45) is 0 Å². The molecule has 4 aromatic rings. The highest BCUT2D eigenvalue weighted by Crippen LogP contribution is 2.32. The van der Waals surface area contributed by atoms with Crippen molar-refractivity contribution in [1.82, 2.24) is 14.5 Å². The number of aryl methyl sites for hydroxylation is 1. The molecule has 1 fully saturated rings. The molecule has 5 heteroatoms. The Morgan fingerprint density at radius 1 is 0.939 bits per heavy atom. The fourth-order valence-corrected chi connectivity index (χ4v) is 4.95. The van der Waals surface area contributed by atoms with Gasteiger partial charge in [0.2, 0.25) is 0 Å². The van der Waals surface area contributed by atoms with E-state index in [2.05, 4.69) is 48.2 Å². The number of fused-ring (bicyclic) bond motifs is 1. The maximum absolute atomic E-state index is 13.7. The average Bonchev–Trinajstić information content (AvgIpc) is 2.83. The van der Waals surface area contributed by atoms with Crippen LogP contribution in [0.15, 0.2) is 77.6 Å². The molecule has 0 spiro atoms. The first-order valence-electron chi connectivity index (χ1n) is 11.6. The molecule has 0 bridgehead atoms. The lowest BCUT2D eigenvalue weighted by Crippen LogP contribution is -2.38. The molecule has 1 aliphatic heterocycles. The van der Waals surface area contributed by atoms with E-state index in [1.807, 2.05) is 28.8 Å². The Kier molecular flexibility index (Phi) is 6.30. The Hall–Kier alpha value is -2.95. The van der Waals surface area contributed by atoms with Crippen LogP contribution in [0.4, 0.5) is 0 Å². The van der Waals surface area contributed by atoms with Gasteiger partial charge in [-0.15, -0.1) is 0 Å². The van der Waals surface area contributed by atoms with Gasteiger partial charge in [0.25, 0.3) is 5.56 Å². The highest BCUT2D eigenvalue weighted by molar-refractivity contribution is 6.31. The molecule has 33 heavy (non-hydrogen) atoms. The lowest BCUT2D eigenvalue weighted by molar-refractivity contribution is 0.130. The van der Waals surface area contributed by atoms with Gasteiger partial charge in [-0.25, -0.2) is 4.98 Å². The van der Waals surface area contributed by atoms with Gasteiger partial charge in [-0.1, -0.05) is 78.2 Å². The summed E-state index contributed by atoms with van der Waals surface area (Å²) in [6.07, 6.45) is 3.27. The first kappa shape index (κ1) is 21.9. The minimum Gasteiger partial charge on any atom is -0.290 e. The van der Waals surface area contributed by atoms with Gasteiger partial charge in [0.05, 0.1) is 23.5 Å². The van der Waals surface area contributed by atoms with Gasteiger partial charge in [0.15, 0.2) is 0 Å². The van der Waals surface area contributed by atoms with Gasteiger partial charge < -0.3 is 0 Å². The van der Waals surface area contributed by atoms with Crippen molar-refractivity contribution >= 4 is 22.5 Å². The molecule has 168 valence electrons. The van der Waals surface area contributed by atoms with Crippen molar-refractivity contribution in [3.05, 3.63) is 111 Å². The number of halogens is 1. The number of benzene rings is 3. The Bertz CT molecular complexity index is 1320. The van der Waals surface area contributed by atoms with Crippen molar-refractivity contribution in [3.8, 4) is 0 Å². The zero-order valence-corrected chi connectivity index (χ0v) is 19.6. The van der Waals surface area contributed by atoms with E-state index in [0.29, 0.717) is 22.5 Å². The van der Waals surface area contributed by atoms with E-state index in [1.54, 1.807) is 12.1 Å². The van der Waals surface area contributed by atoms with Crippen LogP contribution in [0.3, 0.4) is 0 Å². The van der Waals surface area contributed by atoms with Crippen LogP contribution in [-0.4, -0.2) is 21.0 Å². The van der Waals surface area contributed by atoms with Gasteiger partial charge >= 0.3 is 0 Å². The Morgan fingerprint density at radius 2 is 1.70 bits per heavy atom. The molecular weight excluding hydrogens is 430 g/mol. The summed E-state index contributed by atoms with van der Waals surface area (Å²) in [4.78, 5) is 21.2. The van der Waals surface area contributed by atoms with E-state index in [-0.39, 0.29) is 11.6 Å². The molecule has 4 nitrogen and oxygen atoms in total. The van der Waals surface area contributed by atoms with Crippen LogP contribution in [0.2, 0.25) is 5.02 Å². The summed E-state index contributed by atoms with van der Waals surface area (Å²) in [6.45, 7) is 4.46. The molecule has 5 rings (SSSR count). The predicted octanol–water partition coefficient (Wildman–Crippen LogP) is 6.13. The van der Waals surface area contributed by atoms with Crippen molar-refractivity contribution < 1.29 is 0 Å². The maximum atomic E-state index is 13.7. The van der Waals surface area contributed by atoms with Crippen LogP contribution in [0.1, 0.15) is 47.8 Å². The molecule has 0 saturated carbocycles. The second-order valence-corrected chi connectivity index (χ2v) is 9.41. The van der Waals surface area contributed by atoms with Gasteiger partial charge in [-0.05, 0) is 55.6 Å². The average molecular weight is 458 g/mol. The number of nitrogens with zero attached hydrogens (tertiary/aromatic N) is 3. The Morgan fingerprint density at radius 3 is 2.48 bits per heavy atom. The number of likely N-dealkylation sites (tertiary alicyclic amines) is 1. The first-order valence-corrected chi connectivity index (χ1v) is 12.0. The van der Waals surface area contributed by atoms with Crippen LogP contribution in [-0.2, 0) is 13.1 Å². The highest BCUT2D eigenvalue weighted by atomic mass is 35.5.